The van der Waals surface area contributed by atoms with Crippen LogP contribution in [0, 0.1) is 0 Å². The maximum absolute atomic E-state index is 5.40. The van der Waals surface area contributed by atoms with Crippen molar-refractivity contribution in [2.45, 2.75) is 13.3 Å². The van der Waals surface area contributed by atoms with Crippen LogP contribution in [0.1, 0.15) is 12.7 Å². The number of aryl methyl sites for hydroxylation is 1. The Bertz CT molecular complexity index is 521. The van der Waals surface area contributed by atoms with E-state index >= 15 is 0 Å². The van der Waals surface area contributed by atoms with E-state index in [1.807, 2.05) is 18.2 Å². The summed E-state index contributed by atoms with van der Waals surface area (Å²) < 4.78 is 5.40. The van der Waals surface area contributed by atoms with E-state index in [4.69, 9.17) is 22.7 Å². The first-order valence-corrected chi connectivity index (χ1v) is 5.49. The third kappa shape index (κ3) is 2.30. The summed E-state index contributed by atoms with van der Waals surface area (Å²) in [5.74, 6) is 1.72. The van der Waals surface area contributed by atoms with Crippen LogP contribution in [-0.2, 0) is 6.42 Å². The number of aromatic amines is 1. The summed E-state index contributed by atoms with van der Waals surface area (Å²) in [6.07, 6.45) is 0.887. The van der Waals surface area contributed by atoms with E-state index in [9.17, 15) is 0 Å². The summed E-state index contributed by atoms with van der Waals surface area (Å²) in [5.41, 5.74) is 7.28. The summed E-state index contributed by atoms with van der Waals surface area (Å²) in [4.78, 5) is 7.97. The summed E-state index contributed by atoms with van der Waals surface area (Å²) in [6, 6.07) is 5.68. The zero-order valence-corrected chi connectivity index (χ0v) is 9.80. The number of hydrogen-bond acceptors (Lipinski definition) is 3. The minimum Gasteiger partial charge on any atom is -0.486 e. The molecule has 0 aliphatic rings. The number of benzene rings is 1. The van der Waals surface area contributed by atoms with E-state index < -0.39 is 0 Å². The van der Waals surface area contributed by atoms with E-state index in [1.165, 1.54) is 0 Å². The molecule has 0 saturated heterocycles. The molecular weight excluding hydrogens is 222 g/mol. The Balaban J connectivity index is 2.25. The van der Waals surface area contributed by atoms with Gasteiger partial charge in [-0.1, -0.05) is 19.1 Å². The third-order valence-corrected chi connectivity index (χ3v) is 2.34. The summed E-state index contributed by atoms with van der Waals surface area (Å²) in [7, 11) is 0. The minimum atomic E-state index is 0.260. The molecule has 0 aliphatic heterocycles. The normalized spacial score (nSPS) is 10.6. The van der Waals surface area contributed by atoms with Gasteiger partial charge in [-0.15, -0.1) is 0 Å². The Labute approximate surface area is 98.8 Å². The van der Waals surface area contributed by atoms with Crippen molar-refractivity contribution in [2.24, 2.45) is 5.73 Å². The molecule has 0 amide bonds. The highest BCUT2D eigenvalue weighted by Crippen LogP contribution is 2.19. The van der Waals surface area contributed by atoms with Crippen molar-refractivity contribution in [3.63, 3.8) is 0 Å². The largest absolute Gasteiger partial charge is 0.486 e. The molecule has 0 bridgehead atoms. The molecule has 0 aliphatic carbocycles. The maximum Gasteiger partial charge on any atom is 0.138 e. The lowest BCUT2D eigenvalue weighted by atomic mass is 10.3. The van der Waals surface area contributed by atoms with Gasteiger partial charge in [-0.2, -0.15) is 0 Å². The van der Waals surface area contributed by atoms with Gasteiger partial charge >= 0.3 is 0 Å². The predicted molar refractivity (Wildman–Crippen MR) is 67.8 cm³/mol. The van der Waals surface area contributed by atoms with Crippen LogP contribution >= 0.6 is 12.2 Å². The van der Waals surface area contributed by atoms with Gasteiger partial charge in [0.1, 0.15) is 23.2 Å². The zero-order valence-electron chi connectivity index (χ0n) is 8.99. The molecule has 3 N–H and O–H groups in total. The SMILES string of the molecule is CCc1nc2ccc(OCC(N)=S)cc2[nH]1. The van der Waals surface area contributed by atoms with Crippen molar-refractivity contribution in [1.29, 1.82) is 0 Å². The first-order valence-electron chi connectivity index (χ1n) is 5.09. The van der Waals surface area contributed by atoms with Gasteiger partial charge in [-0.05, 0) is 12.1 Å². The van der Waals surface area contributed by atoms with E-state index in [-0.39, 0.29) is 6.61 Å². The smallest absolute Gasteiger partial charge is 0.138 e. The van der Waals surface area contributed by atoms with Gasteiger partial charge in [0.2, 0.25) is 0 Å². The van der Waals surface area contributed by atoms with Crippen LogP contribution in [0.25, 0.3) is 11.0 Å². The molecule has 0 radical (unpaired) electrons. The Morgan fingerprint density at radius 1 is 1.56 bits per heavy atom. The second kappa shape index (κ2) is 4.49. The molecule has 0 spiro atoms. The van der Waals surface area contributed by atoms with Crippen LogP contribution < -0.4 is 10.5 Å². The lowest BCUT2D eigenvalue weighted by Crippen LogP contribution is -2.17. The quantitative estimate of drug-likeness (QED) is 0.793. The molecule has 1 heterocycles. The van der Waals surface area contributed by atoms with Gasteiger partial charge in [0.05, 0.1) is 11.0 Å². The number of H-pyrrole nitrogens is 1. The van der Waals surface area contributed by atoms with Crippen molar-refractivity contribution in [3.05, 3.63) is 24.0 Å². The number of fused-ring (bicyclic) bond motifs is 1. The lowest BCUT2D eigenvalue weighted by molar-refractivity contribution is 0.378. The van der Waals surface area contributed by atoms with Gasteiger partial charge < -0.3 is 15.5 Å². The maximum atomic E-state index is 5.40. The number of nitrogens with zero attached hydrogens (tertiary/aromatic N) is 1. The van der Waals surface area contributed by atoms with E-state index in [2.05, 4.69) is 16.9 Å². The molecular formula is C11H13N3OS. The fraction of sp³-hybridized carbons (Fsp3) is 0.273. The standard InChI is InChI=1S/C11H13N3OS/c1-2-11-13-8-4-3-7(5-9(8)14-11)15-6-10(12)16/h3-5H,2,6H2,1H3,(H2,12,16)(H,13,14). The van der Waals surface area contributed by atoms with E-state index in [0.717, 1.165) is 29.0 Å². The lowest BCUT2D eigenvalue weighted by Gasteiger charge is -2.03. The number of rotatable bonds is 4. The first kappa shape index (κ1) is 10.9. The highest BCUT2D eigenvalue weighted by molar-refractivity contribution is 7.80. The zero-order chi connectivity index (χ0) is 11.5. The Hall–Kier alpha value is -1.62. The monoisotopic (exact) mass is 235 g/mol. The average Bonchev–Trinajstić information content (AvgIpc) is 2.68. The molecule has 16 heavy (non-hydrogen) atoms. The van der Waals surface area contributed by atoms with Gasteiger partial charge in [-0.3, -0.25) is 0 Å². The second-order valence-corrected chi connectivity index (χ2v) is 4.00. The van der Waals surface area contributed by atoms with Crippen molar-refractivity contribution in [1.82, 2.24) is 9.97 Å². The Morgan fingerprint density at radius 3 is 3.06 bits per heavy atom. The second-order valence-electron chi connectivity index (χ2n) is 3.47. The van der Waals surface area contributed by atoms with Gasteiger partial charge in [0.15, 0.2) is 0 Å². The summed E-state index contributed by atoms with van der Waals surface area (Å²) in [6.45, 7) is 2.32. The fourth-order valence-electron chi connectivity index (χ4n) is 1.45. The highest BCUT2D eigenvalue weighted by atomic mass is 32.1. The molecule has 84 valence electrons. The molecule has 1 aromatic carbocycles. The number of thiocarbonyl (C=S) groups is 1. The number of nitrogens with two attached hydrogens (primary N) is 1. The third-order valence-electron chi connectivity index (χ3n) is 2.22. The highest BCUT2D eigenvalue weighted by Gasteiger charge is 2.03. The fourth-order valence-corrected chi connectivity index (χ4v) is 1.51. The van der Waals surface area contributed by atoms with Crippen LogP contribution in [0.5, 0.6) is 5.75 Å². The summed E-state index contributed by atoms with van der Waals surface area (Å²) >= 11 is 4.75. The van der Waals surface area contributed by atoms with Crippen LogP contribution in [0.15, 0.2) is 18.2 Å². The van der Waals surface area contributed by atoms with Crippen molar-refractivity contribution >= 4 is 28.2 Å². The topological polar surface area (TPSA) is 63.9 Å². The number of imidazole rings is 1. The van der Waals surface area contributed by atoms with Gasteiger partial charge in [0.25, 0.3) is 0 Å². The van der Waals surface area contributed by atoms with E-state index in [1.54, 1.807) is 0 Å². The Kier molecular flexibility index (Phi) is 3.05. The number of hydrogen-bond donors (Lipinski definition) is 2. The van der Waals surface area contributed by atoms with E-state index in [0.29, 0.717) is 4.99 Å². The molecule has 0 atom stereocenters. The van der Waals surface area contributed by atoms with Crippen molar-refractivity contribution in [3.8, 4) is 5.75 Å². The van der Waals surface area contributed by atoms with Crippen molar-refractivity contribution in [2.75, 3.05) is 6.61 Å². The van der Waals surface area contributed by atoms with Crippen LogP contribution in [0.2, 0.25) is 0 Å². The molecule has 1 aromatic heterocycles. The minimum absolute atomic E-state index is 0.260. The molecule has 0 saturated carbocycles. The predicted octanol–water partition coefficient (Wildman–Crippen LogP) is 1.79. The summed E-state index contributed by atoms with van der Waals surface area (Å²) in [5, 5.41) is 0. The first-order chi connectivity index (χ1) is 7.69. The van der Waals surface area contributed by atoms with Crippen LogP contribution in [0.3, 0.4) is 0 Å². The number of nitrogens with one attached hydrogen (secondary N) is 1. The Morgan fingerprint density at radius 2 is 2.38 bits per heavy atom. The van der Waals surface area contributed by atoms with Gasteiger partial charge in [0, 0.05) is 12.5 Å². The number of ether oxygens (including phenoxy) is 1. The molecule has 0 fully saturated rings. The molecule has 2 rings (SSSR count). The van der Waals surface area contributed by atoms with Crippen LogP contribution in [-0.4, -0.2) is 21.6 Å². The van der Waals surface area contributed by atoms with Crippen LogP contribution in [0.4, 0.5) is 0 Å². The number of aromatic nitrogens is 2. The molecule has 0 unspecified atom stereocenters. The average molecular weight is 235 g/mol. The molecule has 5 heteroatoms. The van der Waals surface area contributed by atoms with Gasteiger partial charge in [-0.25, -0.2) is 4.98 Å². The van der Waals surface area contributed by atoms with Crippen molar-refractivity contribution < 1.29 is 4.74 Å². The molecule has 2 aromatic rings. The molecule has 4 nitrogen and oxygen atoms in total.